The molecule has 1 aromatic heterocycles. The predicted molar refractivity (Wildman–Crippen MR) is 82.5 cm³/mol. The van der Waals surface area contributed by atoms with E-state index in [1.54, 1.807) is 0 Å². The van der Waals surface area contributed by atoms with Crippen molar-refractivity contribution in [2.75, 3.05) is 7.05 Å². The standard InChI is InChI=1S/C16H31N3/c1-5-7-8-9-10-15(17-4)13-16-11-12-19(18-16)14(3)6-2/h11-12,14-15,17H,5-10,13H2,1-4H3. The summed E-state index contributed by atoms with van der Waals surface area (Å²) >= 11 is 0. The Morgan fingerprint density at radius 2 is 2.05 bits per heavy atom. The molecule has 1 N–H and O–H groups in total. The number of unbranched alkanes of at least 4 members (excludes halogenated alkanes) is 3. The molecule has 0 radical (unpaired) electrons. The van der Waals surface area contributed by atoms with Crippen LogP contribution in [-0.4, -0.2) is 22.9 Å². The van der Waals surface area contributed by atoms with Crippen LogP contribution in [0, 0.1) is 0 Å². The van der Waals surface area contributed by atoms with E-state index in [2.05, 4.69) is 55.2 Å². The van der Waals surface area contributed by atoms with Gasteiger partial charge in [-0.25, -0.2) is 0 Å². The van der Waals surface area contributed by atoms with Crippen LogP contribution in [0.15, 0.2) is 12.3 Å². The summed E-state index contributed by atoms with van der Waals surface area (Å²) in [4.78, 5) is 0. The van der Waals surface area contributed by atoms with Crippen molar-refractivity contribution in [3.8, 4) is 0 Å². The molecule has 0 aliphatic heterocycles. The zero-order valence-corrected chi connectivity index (χ0v) is 13.2. The molecule has 3 heteroatoms. The molecule has 110 valence electrons. The number of rotatable bonds is 10. The van der Waals surface area contributed by atoms with Crippen LogP contribution in [0.4, 0.5) is 0 Å². The Morgan fingerprint density at radius 3 is 2.68 bits per heavy atom. The third kappa shape index (κ3) is 5.77. The number of nitrogens with zero attached hydrogens (tertiary/aromatic N) is 2. The highest BCUT2D eigenvalue weighted by Crippen LogP contribution is 2.12. The Labute approximate surface area is 118 Å². The maximum Gasteiger partial charge on any atom is 0.0640 e. The Hall–Kier alpha value is -0.830. The first kappa shape index (κ1) is 16.2. The van der Waals surface area contributed by atoms with Gasteiger partial charge in [0.15, 0.2) is 0 Å². The van der Waals surface area contributed by atoms with Crippen LogP contribution < -0.4 is 5.32 Å². The lowest BCUT2D eigenvalue weighted by molar-refractivity contribution is 0.456. The summed E-state index contributed by atoms with van der Waals surface area (Å²) < 4.78 is 2.10. The van der Waals surface area contributed by atoms with Crippen molar-refractivity contribution in [1.82, 2.24) is 15.1 Å². The van der Waals surface area contributed by atoms with E-state index in [-0.39, 0.29) is 0 Å². The van der Waals surface area contributed by atoms with Gasteiger partial charge >= 0.3 is 0 Å². The van der Waals surface area contributed by atoms with Gasteiger partial charge in [0.05, 0.1) is 5.69 Å². The summed E-state index contributed by atoms with van der Waals surface area (Å²) in [7, 11) is 2.07. The van der Waals surface area contributed by atoms with Crippen LogP contribution in [0.5, 0.6) is 0 Å². The van der Waals surface area contributed by atoms with E-state index in [0.717, 1.165) is 12.8 Å². The smallest absolute Gasteiger partial charge is 0.0640 e. The molecule has 3 nitrogen and oxygen atoms in total. The van der Waals surface area contributed by atoms with Gasteiger partial charge < -0.3 is 5.32 Å². The molecule has 0 aromatic carbocycles. The van der Waals surface area contributed by atoms with Crippen molar-refractivity contribution < 1.29 is 0 Å². The Kier molecular flexibility index (Phi) is 7.80. The molecular formula is C16H31N3. The summed E-state index contributed by atoms with van der Waals surface area (Å²) in [6.07, 6.45) is 10.9. The minimum Gasteiger partial charge on any atom is -0.317 e. The van der Waals surface area contributed by atoms with Crippen molar-refractivity contribution >= 4 is 0 Å². The molecule has 2 unspecified atom stereocenters. The zero-order chi connectivity index (χ0) is 14.1. The first-order chi connectivity index (χ1) is 9.21. The normalized spacial score (nSPS) is 14.5. The molecule has 0 spiro atoms. The fraction of sp³-hybridized carbons (Fsp3) is 0.812. The van der Waals surface area contributed by atoms with E-state index in [0.29, 0.717) is 12.1 Å². The average Bonchev–Trinajstić information content (AvgIpc) is 2.89. The maximum atomic E-state index is 4.69. The fourth-order valence-electron chi connectivity index (χ4n) is 2.34. The van der Waals surface area contributed by atoms with Crippen molar-refractivity contribution in [1.29, 1.82) is 0 Å². The molecule has 1 heterocycles. The number of nitrogens with one attached hydrogen (secondary N) is 1. The Balaban J connectivity index is 2.40. The van der Waals surface area contributed by atoms with Gasteiger partial charge in [0, 0.05) is 24.7 Å². The first-order valence-corrected chi connectivity index (χ1v) is 7.92. The van der Waals surface area contributed by atoms with Crippen LogP contribution in [-0.2, 0) is 6.42 Å². The van der Waals surface area contributed by atoms with Crippen molar-refractivity contribution in [3.05, 3.63) is 18.0 Å². The molecule has 0 fully saturated rings. The van der Waals surface area contributed by atoms with Crippen LogP contribution in [0.25, 0.3) is 0 Å². The molecule has 0 bridgehead atoms. The van der Waals surface area contributed by atoms with E-state index in [1.807, 2.05) is 0 Å². The average molecular weight is 265 g/mol. The maximum absolute atomic E-state index is 4.69. The SMILES string of the molecule is CCCCCCC(Cc1ccn(C(C)CC)n1)NC. The molecule has 0 saturated carbocycles. The first-order valence-electron chi connectivity index (χ1n) is 7.92. The molecular weight excluding hydrogens is 234 g/mol. The van der Waals surface area contributed by atoms with Gasteiger partial charge in [-0.3, -0.25) is 4.68 Å². The predicted octanol–water partition coefficient (Wildman–Crippen LogP) is 3.96. The summed E-state index contributed by atoms with van der Waals surface area (Å²) in [6, 6.07) is 3.24. The lowest BCUT2D eigenvalue weighted by atomic mass is 10.0. The summed E-state index contributed by atoms with van der Waals surface area (Å²) in [5.41, 5.74) is 1.22. The Morgan fingerprint density at radius 1 is 1.26 bits per heavy atom. The highest BCUT2D eigenvalue weighted by Gasteiger charge is 2.10. The van der Waals surface area contributed by atoms with Gasteiger partial charge in [0.25, 0.3) is 0 Å². The zero-order valence-electron chi connectivity index (χ0n) is 13.2. The van der Waals surface area contributed by atoms with E-state index < -0.39 is 0 Å². The van der Waals surface area contributed by atoms with Crippen LogP contribution in [0.2, 0.25) is 0 Å². The number of hydrogen-bond donors (Lipinski definition) is 1. The van der Waals surface area contributed by atoms with Crippen LogP contribution in [0.1, 0.15) is 71.0 Å². The van der Waals surface area contributed by atoms with Crippen molar-refractivity contribution in [2.24, 2.45) is 0 Å². The van der Waals surface area contributed by atoms with Gasteiger partial charge in [0.1, 0.15) is 0 Å². The minimum absolute atomic E-state index is 0.506. The highest BCUT2D eigenvalue weighted by atomic mass is 15.3. The third-order valence-electron chi connectivity index (χ3n) is 3.98. The molecule has 2 atom stereocenters. The molecule has 19 heavy (non-hydrogen) atoms. The van der Waals surface area contributed by atoms with Gasteiger partial charge in [-0.1, -0.05) is 39.5 Å². The van der Waals surface area contributed by atoms with E-state index in [9.17, 15) is 0 Å². The Bertz CT molecular complexity index is 332. The molecule has 0 amide bonds. The summed E-state index contributed by atoms with van der Waals surface area (Å²) in [5, 5.41) is 8.12. The van der Waals surface area contributed by atoms with Gasteiger partial charge in [0.2, 0.25) is 0 Å². The van der Waals surface area contributed by atoms with Gasteiger partial charge in [-0.2, -0.15) is 5.10 Å². The van der Waals surface area contributed by atoms with Crippen LogP contribution >= 0.6 is 0 Å². The van der Waals surface area contributed by atoms with E-state index in [4.69, 9.17) is 0 Å². The van der Waals surface area contributed by atoms with E-state index in [1.165, 1.54) is 37.8 Å². The second kappa shape index (κ2) is 9.13. The van der Waals surface area contributed by atoms with Gasteiger partial charge in [-0.15, -0.1) is 0 Å². The topological polar surface area (TPSA) is 29.9 Å². The molecule has 0 aliphatic carbocycles. The molecule has 1 rings (SSSR count). The number of hydrogen-bond acceptors (Lipinski definition) is 2. The monoisotopic (exact) mass is 265 g/mol. The number of likely N-dealkylation sites (N-methyl/N-ethyl adjacent to an activating group) is 1. The second-order valence-electron chi connectivity index (χ2n) is 5.58. The van der Waals surface area contributed by atoms with Gasteiger partial charge in [-0.05, 0) is 32.9 Å². The molecule has 1 aromatic rings. The summed E-state index contributed by atoms with van der Waals surface area (Å²) in [5.74, 6) is 0. The quantitative estimate of drug-likeness (QED) is 0.649. The van der Waals surface area contributed by atoms with Crippen molar-refractivity contribution in [2.45, 2.75) is 77.8 Å². The lowest BCUT2D eigenvalue weighted by Gasteiger charge is -2.15. The van der Waals surface area contributed by atoms with Crippen LogP contribution in [0.3, 0.4) is 0 Å². The lowest BCUT2D eigenvalue weighted by Crippen LogP contribution is -2.27. The fourth-order valence-corrected chi connectivity index (χ4v) is 2.34. The summed E-state index contributed by atoms with van der Waals surface area (Å²) in [6.45, 7) is 6.68. The second-order valence-corrected chi connectivity index (χ2v) is 5.58. The largest absolute Gasteiger partial charge is 0.317 e. The van der Waals surface area contributed by atoms with Crippen molar-refractivity contribution in [3.63, 3.8) is 0 Å². The molecule has 0 saturated heterocycles. The minimum atomic E-state index is 0.506. The third-order valence-corrected chi connectivity index (χ3v) is 3.98. The highest BCUT2D eigenvalue weighted by molar-refractivity contribution is 5.02. The number of aromatic nitrogens is 2. The van der Waals surface area contributed by atoms with E-state index >= 15 is 0 Å². The molecule has 0 aliphatic rings.